The van der Waals surface area contributed by atoms with Crippen LogP contribution in [0.2, 0.25) is 0 Å². The van der Waals surface area contributed by atoms with Crippen molar-refractivity contribution < 1.29 is 28.8 Å². The lowest BCUT2D eigenvalue weighted by Crippen LogP contribution is -2.42. The minimum Gasteiger partial charge on any atom is -0.496 e. The van der Waals surface area contributed by atoms with Crippen molar-refractivity contribution in [3.8, 4) is 11.5 Å². The molecule has 6 nitrogen and oxygen atoms in total. The molecule has 3 rings (SSSR count). The molecule has 1 aromatic carbocycles. The number of hydrogen-bond donors (Lipinski definition) is 1. The first-order valence-corrected chi connectivity index (χ1v) is 6.71. The maximum atomic E-state index is 11.9. The van der Waals surface area contributed by atoms with Gasteiger partial charge < -0.3 is 24.1 Å². The van der Waals surface area contributed by atoms with Gasteiger partial charge in [0.25, 0.3) is 0 Å². The van der Waals surface area contributed by atoms with Gasteiger partial charge in [0.15, 0.2) is 6.10 Å². The highest BCUT2D eigenvalue weighted by Crippen LogP contribution is 2.49. The van der Waals surface area contributed by atoms with Crippen molar-refractivity contribution in [3.63, 3.8) is 0 Å². The standard InChI is InChI=1S/C15H18O6/c1-15(2,17)13-12(19-4)10-7-6-20-14(16)11(7)8(18-3)5-9(10)21-13/h5,12-13,17H,6H2,1-4H3. The molecule has 2 unspecified atom stereocenters. The zero-order valence-electron chi connectivity index (χ0n) is 12.4. The molecule has 1 N–H and O–H groups in total. The smallest absolute Gasteiger partial charge is 0.342 e. The summed E-state index contributed by atoms with van der Waals surface area (Å²) in [5, 5.41) is 10.3. The minimum atomic E-state index is -1.09. The Morgan fingerprint density at radius 1 is 1.38 bits per heavy atom. The lowest BCUT2D eigenvalue weighted by atomic mass is 9.90. The Balaban J connectivity index is 2.18. The second-order valence-corrected chi connectivity index (χ2v) is 5.77. The Labute approximate surface area is 122 Å². The predicted molar refractivity (Wildman–Crippen MR) is 72.6 cm³/mol. The molecule has 1 aromatic rings. The van der Waals surface area contributed by atoms with Crippen LogP contribution >= 0.6 is 0 Å². The zero-order valence-corrected chi connectivity index (χ0v) is 12.4. The molecule has 21 heavy (non-hydrogen) atoms. The van der Waals surface area contributed by atoms with Gasteiger partial charge in [0, 0.05) is 24.3 Å². The van der Waals surface area contributed by atoms with Gasteiger partial charge in [0.1, 0.15) is 29.8 Å². The van der Waals surface area contributed by atoms with Gasteiger partial charge in [-0.15, -0.1) is 0 Å². The van der Waals surface area contributed by atoms with Gasteiger partial charge in [-0.25, -0.2) is 4.79 Å². The quantitative estimate of drug-likeness (QED) is 0.853. The van der Waals surface area contributed by atoms with Crippen LogP contribution in [0.15, 0.2) is 6.07 Å². The SMILES string of the molecule is COc1cc2c(c3c1C(=O)OC3)C(OC)C(C(C)(C)O)O2. The Hall–Kier alpha value is -1.79. The molecule has 2 heterocycles. The van der Waals surface area contributed by atoms with Crippen LogP contribution in [0, 0.1) is 0 Å². The van der Waals surface area contributed by atoms with E-state index >= 15 is 0 Å². The zero-order chi connectivity index (χ0) is 15.4. The number of carbonyl (C=O) groups is 1. The van der Waals surface area contributed by atoms with Crippen LogP contribution in [0.1, 0.15) is 41.4 Å². The number of cyclic esters (lactones) is 1. The number of fused-ring (bicyclic) bond motifs is 3. The molecule has 6 heteroatoms. The van der Waals surface area contributed by atoms with E-state index in [0.29, 0.717) is 22.6 Å². The molecule has 0 saturated carbocycles. The molecule has 0 bridgehead atoms. The third kappa shape index (κ3) is 1.98. The molecule has 0 spiro atoms. The number of carbonyl (C=O) groups excluding carboxylic acids is 1. The number of hydrogen-bond acceptors (Lipinski definition) is 6. The molecule has 0 saturated heterocycles. The summed E-state index contributed by atoms with van der Waals surface area (Å²) in [6, 6.07) is 1.65. The number of rotatable bonds is 3. The average Bonchev–Trinajstić information content (AvgIpc) is 2.98. The highest BCUT2D eigenvalue weighted by atomic mass is 16.6. The molecule has 0 aromatic heterocycles. The number of benzene rings is 1. The first kappa shape index (κ1) is 14.2. The van der Waals surface area contributed by atoms with E-state index in [2.05, 4.69) is 0 Å². The molecule has 114 valence electrons. The van der Waals surface area contributed by atoms with Crippen LogP contribution < -0.4 is 9.47 Å². The van der Waals surface area contributed by atoms with Crippen LogP contribution in [-0.2, 0) is 16.1 Å². The van der Waals surface area contributed by atoms with E-state index in [9.17, 15) is 9.90 Å². The fourth-order valence-corrected chi connectivity index (χ4v) is 2.96. The Morgan fingerprint density at radius 3 is 2.67 bits per heavy atom. The van der Waals surface area contributed by atoms with Gasteiger partial charge in [-0.3, -0.25) is 0 Å². The molecule has 0 radical (unpaired) electrons. The van der Waals surface area contributed by atoms with E-state index in [4.69, 9.17) is 18.9 Å². The summed E-state index contributed by atoms with van der Waals surface area (Å²) in [7, 11) is 3.04. The molecular formula is C15H18O6. The van der Waals surface area contributed by atoms with Crippen LogP contribution in [-0.4, -0.2) is 37.0 Å². The van der Waals surface area contributed by atoms with Crippen LogP contribution in [0.3, 0.4) is 0 Å². The summed E-state index contributed by atoms with van der Waals surface area (Å²) in [4.78, 5) is 11.9. The maximum absolute atomic E-state index is 11.9. The minimum absolute atomic E-state index is 0.162. The van der Waals surface area contributed by atoms with E-state index in [1.165, 1.54) is 7.11 Å². The molecule has 2 aliphatic heterocycles. The van der Waals surface area contributed by atoms with E-state index < -0.39 is 23.8 Å². The fourth-order valence-electron chi connectivity index (χ4n) is 2.96. The Bertz CT molecular complexity index is 601. The van der Waals surface area contributed by atoms with Gasteiger partial charge in [-0.1, -0.05) is 0 Å². The lowest BCUT2D eigenvalue weighted by molar-refractivity contribution is -0.0884. The van der Waals surface area contributed by atoms with Gasteiger partial charge >= 0.3 is 5.97 Å². The largest absolute Gasteiger partial charge is 0.496 e. The first-order valence-electron chi connectivity index (χ1n) is 6.71. The van der Waals surface area contributed by atoms with Crippen molar-refractivity contribution in [2.24, 2.45) is 0 Å². The monoisotopic (exact) mass is 294 g/mol. The van der Waals surface area contributed by atoms with Crippen molar-refractivity contribution in [2.45, 2.75) is 38.3 Å². The van der Waals surface area contributed by atoms with Crippen molar-refractivity contribution in [1.29, 1.82) is 0 Å². The Morgan fingerprint density at radius 2 is 2.10 bits per heavy atom. The van der Waals surface area contributed by atoms with Crippen LogP contribution in [0.25, 0.3) is 0 Å². The van der Waals surface area contributed by atoms with Crippen molar-refractivity contribution in [3.05, 3.63) is 22.8 Å². The third-order valence-corrected chi connectivity index (χ3v) is 3.94. The second-order valence-electron chi connectivity index (χ2n) is 5.77. The molecule has 0 fully saturated rings. The first-order chi connectivity index (χ1) is 9.88. The number of aliphatic hydroxyl groups is 1. The van der Waals surface area contributed by atoms with Crippen LogP contribution in [0.4, 0.5) is 0 Å². The highest BCUT2D eigenvalue weighted by molar-refractivity contribution is 5.97. The summed E-state index contributed by atoms with van der Waals surface area (Å²) in [5.74, 6) is 0.562. The lowest BCUT2D eigenvalue weighted by Gasteiger charge is -2.29. The van der Waals surface area contributed by atoms with E-state index in [0.717, 1.165) is 5.56 Å². The fraction of sp³-hybridized carbons (Fsp3) is 0.533. The van der Waals surface area contributed by atoms with Crippen molar-refractivity contribution in [1.82, 2.24) is 0 Å². The van der Waals surface area contributed by atoms with E-state index in [1.54, 1.807) is 27.0 Å². The molecule has 2 atom stereocenters. The third-order valence-electron chi connectivity index (χ3n) is 3.94. The van der Waals surface area contributed by atoms with E-state index in [1.807, 2.05) is 0 Å². The summed E-state index contributed by atoms with van der Waals surface area (Å²) in [6.07, 6.45) is -1.03. The predicted octanol–water partition coefficient (Wildman–Crippen LogP) is 1.58. The molecule has 2 aliphatic rings. The average molecular weight is 294 g/mol. The maximum Gasteiger partial charge on any atom is 0.342 e. The summed E-state index contributed by atoms with van der Waals surface area (Å²) >= 11 is 0. The van der Waals surface area contributed by atoms with Gasteiger partial charge in [0.05, 0.1) is 12.7 Å². The Kier molecular flexibility index (Phi) is 3.11. The number of methoxy groups -OCH3 is 2. The topological polar surface area (TPSA) is 74.2 Å². The normalized spacial score (nSPS) is 23.4. The van der Waals surface area contributed by atoms with Crippen molar-refractivity contribution in [2.75, 3.05) is 14.2 Å². The van der Waals surface area contributed by atoms with Crippen LogP contribution in [0.5, 0.6) is 11.5 Å². The molecule has 0 amide bonds. The number of esters is 1. The molecule has 0 aliphatic carbocycles. The van der Waals surface area contributed by atoms with Gasteiger partial charge in [0.2, 0.25) is 0 Å². The summed E-state index contributed by atoms with van der Waals surface area (Å²) in [6.45, 7) is 3.48. The summed E-state index contributed by atoms with van der Waals surface area (Å²) < 4.78 is 21.7. The van der Waals surface area contributed by atoms with Crippen molar-refractivity contribution >= 4 is 5.97 Å². The second kappa shape index (κ2) is 4.61. The van der Waals surface area contributed by atoms with Gasteiger partial charge in [-0.05, 0) is 13.8 Å². The summed E-state index contributed by atoms with van der Waals surface area (Å²) in [5.41, 5.74) is 0.793. The highest BCUT2D eigenvalue weighted by Gasteiger charge is 2.47. The number of ether oxygens (including phenoxy) is 4. The van der Waals surface area contributed by atoms with Gasteiger partial charge in [-0.2, -0.15) is 0 Å². The van der Waals surface area contributed by atoms with E-state index in [-0.39, 0.29) is 6.61 Å². The molecular weight excluding hydrogens is 276 g/mol.